The van der Waals surface area contributed by atoms with E-state index in [4.69, 9.17) is 33.8 Å². The number of hydrogen-bond donors (Lipinski definition) is 24. The molecule has 44 nitrogen and oxygen atoms in total. The van der Waals surface area contributed by atoms with Crippen molar-refractivity contribution in [3.05, 3.63) is 59.7 Å². The number of aliphatic hydroxyl groups excluding tert-OH is 1. The predicted octanol–water partition coefficient (Wildman–Crippen LogP) is -9.96. The normalized spacial score (nSPS) is 14.5. The van der Waals surface area contributed by atoms with Crippen molar-refractivity contribution in [2.75, 3.05) is 6.54 Å². The van der Waals surface area contributed by atoms with Gasteiger partial charge < -0.3 is 128 Å². The van der Waals surface area contributed by atoms with Crippen LogP contribution < -0.4 is 92.5 Å². The van der Waals surface area contributed by atoms with Crippen molar-refractivity contribution in [2.45, 2.75) is 189 Å². The van der Waals surface area contributed by atoms with E-state index in [0.717, 1.165) is 20.8 Å². The average Bonchev–Trinajstić information content (AvgIpc) is 0.865. The lowest BCUT2D eigenvalue weighted by Gasteiger charge is -2.28. The number of nitrogens with one attached hydrogen (secondary N) is 12. The molecule has 0 heterocycles. The van der Waals surface area contributed by atoms with E-state index in [1.165, 1.54) is 48.5 Å². The molecule has 0 saturated carbocycles. The Kier molecular flexibility index (Phi) is 37.9. The highest BCUT2D eigenvalue weighted by Crippen LogP contribution is 2.16. The second-order valence-corrected chi connectivity index (χ2v) is 24.3. The van der Waals surface area contributed by atoms with Gasteiger partial charge >= 0.3 is 23.9 Å². The van der Waals surface area contributed by atoms with E-state index in [1.54, 1.807) is 0 Å². The Morgan fingerprint density at radius 3 is 0.972 bits per heavy atom. The Labute approximate surface area is 607 Å². The van der Waals surface area contributed by atoms with Gasteiger partial charge in [0.15, 0.2) is 0 Å². The maximum atomic E-state index is 14.5. The van der Waals surface area contributed by atoms with Crippen molar-refractivity contribution >= 4 is 118 Å². The number of nitrogens with two attached hydrogens (primary N) is 5. The number of amides is 16. The summed E-state index contributed by atoms with van der Waals surface area (Å²) in [4.78, 5) is 259. The lowest BCUT2D eigenvalue weighted by atomic mass is 10.0. The van der Waals surface area contributed by atoms with E-state index >= 15 is 0 Å². The van der Waals surface area contributed by atoms with Crippen LogP contribution in [0, 0.1) is 0 Å². The maximum Gasteiger partial charge on any atom is 0.322 e. The molecule has 0 aromatic heterocycles. The molecule has 0 saturated heterocycles. The Hall–Kier alpha value is -12.6. The third-order valence-corrected chi connectivity index (χ3v) is 15.3. The lowest BCUT2D eigenvalue weighted by molar-refractivity contribution is -0.142. The number of carboxylic acids is 4. The van der Waals surface area contributed by atoms with E-state index in [-0.39, 0.29) is 23.5 Å². The summed E-state index contributed by atoms with van der Waals surface area (Å²) in [5.74, 6) is -26.2. The number of phenols is 2. The maximum absolute atomic E-state index is 14.5. The molecular weight excluding hydrogens is 1430 g/mol. The molecule has 0 radical (unpaired) electrons. The molecule has 2 aromatic carbocycles. The zero-order valence-electron chi connectivity index (χ0n) is 57.9. The van der Waals surface area contributed by atoms with E-state index in [2.05, 4.69) is 47.9 Å². The molecule has 0 unspecified atom stereocenters. The minimum atomic E-state index is -2.18. The summed E-state index contributed by atoms with van der Waals surface area (Å²) in [6, 6.07) is -11.6. The first-order chi connectivity index (χ1) is 50.0. The molecule has 13 atom stereocenters. The summed E-state index contributed by atoms with van der Waals surface area (Å²) in [6.45, 7) is 1.93. The van der Waals surface area contributed by atoms with Crippen molar-refractivity contribution in [1.82, 2.24) is 63.8 Å². The van der Waals surface area contributed by atoms with Crippen LogP contribution in [0.3, 0.4) is 0 Å². The van der Waals surface area contributed by atoms with Crippen LogP contribution in [-0.2, 0) is 109 Å². The molecule has 0 bridgehead atoms. The first-order valence-corrected chi connectivity index (χ1v) is 32.6. The fourth-order valence-corrected chi connectivity index (χ4v) is 9.51. The largest absolute Gasteiger partial charge is 0.508 e. The topological polar surface area (TPSA) is 757 Å². The fourth-order valence-electron chi connectivity index (χ4n) is 9.51. The van der Waals surface area contributed by atoms with Gasteiger partial charge in [0.1, 0.15) is 84.5 Å². The van der Waals surface area contributed by atoms with Gasteiger partial charge in [0, 0.05) is 38.5 Å². The van der Waals surface area contributed by atoms with Gasteiger partial charge in [0.25, 0.3) is 0 Å². The molecule has 107 heavy (non-hydrogen) atoms. The summed E-state index contributed by atoms with van der Waals surface area (Å²) < 4.78 is 0. The van der Waals surface area contributed by atoms with Crippen LogP contribution in [0.2, 0.25) is 0 Å². The van der Waals surface area contributed by atoms with Gasteiger partial charge in [-0.05, 0) is 94.7 Å². The molecule has 0 aliphatic carbocycles. The third-order valence-electron chi connectivity index (χ3n) is 15.3. The smallest absolute Gasteiger partial charge is 0.322 e. The van der Waals surface area contributed by atoms with Crippen LogP contribution in [0.15, 0.2) is 48.5 Å². The van der Waals surface area contributed by atoms with Gasteiger partial charge in [-0.2, -0.15) is 0 Å². The van der Waals surface area contributed by atoms with Gasteiger partial charge in [-0.1, -0.05) is 24.3 Å². The molecule has 16 amide bonds. The highest BCUT2D eigenvalue weighted by atomic mass is 16.4. The van der Waals surface area contributed by atoms with Gasteiger partial charge in [0.05, 0.1) is 25.0 Å². The Morgan fingerprint density at radius 1 is 0.327 bits per heavy atom. The quantitative estimate of drug-likeness (QED) is 0.0292. The summed E-state index contributed by atoms with van der Waals surface area (Å²) in [6.07, 6.45) is -11.2. The molecule has 0 aliphatic heterocycles. The number of primary amides is 4. The van der Waals surface area contributed by atoms with Crippen molar-refractivity contribution in [1.29, 1.82) is 0 Å². The Balaban J connectivity index is 2.41. The van der Waals surface area contributed by atoms with Crippen LogP contribution in [0.5, 0.6) is 11.5 Å². The minimum absolute atomic E-state index is 0.0827. The third kappa shape index (κ3) is 34.9. The number of carboxylic acid groups (broad SMARTS) is 4. The standard InChI is InChI=1S/C63H89N17O27/c1-27(52(96)77-42(25-49(92)93)62(106)76-39(16-21-47(88)89)57(101)73-35(12-17-43(65)84)55(99)69-26-50(94)95)71-63(107)51(29(3)81)80-53(97)28(2)70-60(104)41(24-48(90)91)79-59(103)38(15-20-46(68)87)75-61(105)40(23-31-6-10-33(83)11-7-31)78-58(102)37(14-19-45(67)86)74-56(100)36(13-18-44(66)85)72-54(98)34(64)22-30-4-8-32(82)9-5-30/h4-11,27-29,34-42,51,81-83H,12-26,64H2,1-3H3,(H2,65,84)(H2,66,85)(H2,67,86)(H2,68,87)(H,69,99)(H,70,104)(H,71,107)(H,72,98)(H,73,101)(H,74,100)(H,75,105)(H,76,106)(H,77,96)(H,78,102)(H,79,103)(H,80,97)(H,88,89)(H,90,91)(H,92,93)(H,94,95)/t27-,28-,29+,34-,35-,36-,37-,38-,39-,40-,41-,42-,51-/m0/s1. The van der Waals surface area contributed by atoms with E-state index in [0.29, 0.717) is 5.56 Å². The highest BCUT2D eigenvalue weighted by molar-refractivity contribution is 6.01. The minimum Gasteiger partial charge on any atom is -0.508 e. The van der Waals surface area contributed by atoms with Crippen molar-refractivity contribution in [2.24, 2.45) is 28.7 Å². The first kappa shape index (κ1) is 90.4. The van der Waals surface area contributed by atoms with E-state index in [1.807, 2.05) is 16.0 Å². The average molecular weight is 1520 g/mol. The number of phenolic OH excluding ortho intramolecular Hbond substituents is 2. The predicted molar refractivity (Wildman–Crippen MR) is 362 cm³/mol. The Morgan fingerprint density at radius 2 is 0.617 bits per heavy atom. The van der Waals surface area contributed by atoms with Crippen molar-refractivity contribution in [3.63, 3.8) is 0 Å². The first-order valence-electron chi connectivity index (χ1n) is 32.6. The van der Waals surface area contributed by atoms with Crippen LogP contribution in [0.1, 0.15) is 109 Å². The van der Waals surface area contributed by atoms with Gasteiger partial charge in [-0.3, -0.25) is 95.9 Å². The van der Waals surface area contributed by atoms with Crippen molar-refractivity contribution < 1.29 is 132 Å². The van der Waals surface area contributed by atoms with Gasteiger partial charge in [0.2, 0.25) is 94.5 Å². The number of aliphatic hydroxyl groups is 1. The number of hydrogen-bond acceptors (Lipinski definition) is 24. The van der Waals surface area contributed by atoms with Crippen LogP contribution in [0.25, 0.3) is 0 Å². The number of benzene rings is 2. The zero-order chi connectivity index (χ0) is 81.1. The summed E-state index contributed by atoms with van der Waals surface area (Å²) in [7, 11) is 0. The molecule has 2 aromatic rings. The van der Waals surface area contributed by atoms with Gasteiger partial charge in [-0.25, -0.2) is 0 Å². The number of carbonyl (C=O) groups excluding carboxylic acids is 16. The fraction of sp³-hybridized carbons (Fsp3) is 0.492. The van der Waals surface area contributed by atoms with Crippen LogP contribution in [0.4, 0.5) is 0 Å². The van der Waals surface area contributed by atoms with E-state index < -0.39 is 287 Å². The van der Waals surface area contributed by atoms with Gasteiger partial charge in [-0.15, -0.1) is 0 Å². The second kappa shape index (κ2) is 44.8. The molecular formula is C63H89N17O27. The second-order valence-electron chi connectivity index (χ2n) is 24.3. The summed E-state index contributed by atoms with van der Waals surface area (Å²) >= 11 is 0. The zero-order valence-corrected chi connectivity index (χ0v) is 57.9. The molecule has 0 aliphatic rings. The molecule has 44 heteroatoms. The number of rotatable bonds is 49. The number of carbonyl (C=O) groups is 20. The monoisotopic (exact) mass is 1520 g/mol. The number of aromatic hydroxyl groups is 2. The molecule has 0 spiro atoms. The van der Waals surface area contributed by atoms with E-state index in [9.17, 15) is 127 Å². The highest BCUT2D eigenvalue weighted by Gasteiger charge is 2.38. The molecule has 2 rings (SSSR count). The molecule has 588 valence electrons. The SMILES string of the molecule is C[C@H](NC(=O)[C@H](CC(=O)O)NC(=O)[C@H](CCC(N)=O)NC(=O)[C@H](Cc1ccc(O)cc1)NC(=O)[C@H](CCC(N)=O)NC(=O)[C@H](CCC(N)=O)NC(=O)[C@@H](N)Cc1ccc(O)cc1)C(=O)N[C@H](C(=O)N[C@@H](C)C(=O)N[C@@H](CC(=O)O)C(=O)N[C@@H](CCC(=O)O)C(=O)N[C@@H](CCC(N)=O)C(=O)NCC(=O)O)[C@@H](C)O. The molecule has 29 N–H and O–H groups in total. The summed E-state index contributed by atoms with van der Waals surface area (Å²) in [5.41, 5.74) is 28.1. The van der Waals surface area contributed by atoms with Crippen LogP contribution >= 0.6 is 0 Å². The number of aliphatic carboxylic acids is 4. The lowest BCUT2D eigenvalue weighted by Crippen LogP contribution is -2.61. The Bertz CT molecular complexity index is 3600. The summed E-state index contributed by atoms with van der Waals surface area (Å²) in [5, 5.41) is 94.0. The van der Waals surface area contributed by atoms with Crippen LogP contribution in [-0.4, -0.2) is 239 Å². The van der Waals surface area contributed by atoms with Crippen molar-refractivity contribution in [3.8, 4) is 11.5 Å². The molecule has 0 fully saturated rings.